The van der Waals surface area contributed by atoms with Crippen LogP contribution in [0.25, 0.3) is 0 Å². The largest absolute Gasteiger partial charge is 0.467 e. The second-order valence-electron chi connectivity index (χ2n) is 3.52. The number of carbonyl (C=O) groups is 2. The molecule has 2 heterocycles. The van der Waals surface area contributed by atoms with Crippen molar-refractivity contribution in [2.45, 2.75) is 6.54 Å². The van der Waals surface area contributed by atoms with E-state index in [1.165, 1.54) is 18.6 Å². The number of nitrogens with one attached hydrogen (secondary N) is 2. The molecule has 2 aromatic rings. The third kappa shape index (κ3) is 3.24. The van der Waals surface area contributed by atoms with Crippen LogP contribution >= 0.6 is 0 Å². The fraction of sp³-hybridized carbons (Fsp3) is 0.167. The minimum Gasteiger partial charge on any atom is -0.467 e. The third-order valence-electron chi connectivity index (χ3n) is 2.19. The normalized spacial score (nSPS) is 10.0. The summed E-state index contributed by atoms with van der Waals surface area (Å²) in [4.78, 5) is 22.9. The van der Waals surface area contributed by atoms with Crippen LogP contribution in [0.1, 0.15) is 16.3 Å². The molecule has 94 valence electrons. The predicted octanol–water partition coefficient (Wildman–Crippen LogP) is 0.919. The summed E-state index contributed by atoms with van der Waals surface area (Å²) >= 11 is 0. The van der Waals surface area contributed by atoms with Crippen LogP contribution in [0, 0.1) is 0 Å². The van der Waals surface area contributed by atoms with Crippen molar-refractivity contribution in [3.05, 3.63) is 48.3 Å². The summed E-state index contributed by atoms with van der Waals surface area (Å²) in [5, 5.41) is 5.05. The van der Waals surface area contributed by atoms with Crippen LogP contribution in [-0.4, -0.2) is 18.4 Å². The predicted molar refractivity (Wildman–Crippen MR) is 61.6 cm³/mol. The maximum Gasteiger partial charge on any atom is 0.287 e. The molecule has 0 aliphatic rings. The molecule has 0 saturated carbocycles. The van der Waals surface area contributed by atoms with E-state index in [1.807, 2.05) is 0 Å². The summed E-state index contributed by atoms with van der Waals surface area (Å²) in [5.74, 6) is 0.106. The van der Waals surface area contributed by atoms with E-state index < -0.39 is 5.91 Å². The van der Waals surface area contributed by atoms with Gasteiger partial charge in [-0.15, -0.1) is 0 Å². The van der Waals surface area contributed by atoms with Gasteiger partial charge in [0.25, 0.3) is 5.91 Å². The topological polar surface area (TPSA) is 84.5 Å². The highest BCUT2D eigenvalue weighted by atomic mass is 16.3. The molecule has 2 rings (SSSR count). The Morgan fingerprint density at radius 3 is 2.50 bits per heavy atom. The molecule has 18 heavy (non-hydrogen) atoms. The van der Waals surface area contributed by atoms with E-state index in [0.29, 0.717) is 12.3 Å². The average Bonchev–Trinajstić information content (AvgIpc) is 3.05. The van der Waals surface area contributed by atoms with Crippen molar-refractivity contribution in [1.29, 1.82) is 0 Å². The van der Waals surface area contributed by atoms with Crippen molar-refractivity contribution in [3.63, 3.8) is 0 Å². The fourth-order valence-corrected chi connectivity index (χ4v) is 1.32. The first kappa shape index (κ1) is 12.0. The molecule has 2 N–H and O–H groups in total. The molecular weight excluding hydrogens is 236 g/mol. The summed E-state index contributed by atoms with van der Waals surface area (Å²) < 4.78 is 9.94. The lowest BCUT2D eigenvalue weighted by molar-refractivity contribution is -0.120. The first-order valence-corrected chi connectivity index (χ1v) is 5.36. The fourth-order valence-electron chi connectivity index (χ4n) is 1.32. The summed E-state index contributed by atoms with van der Waals surface area (Å²) in [5.41, 5.74) is 0. The van der Waals surface area contributed by atoms with Gasteiger partial charge in [0.1, 0.15) is 5.76 Å². The molecule has 2 aromatic heterocycles. The van der Waals surface area contributed by atoms with Gasteiger partial charge in [-0.1, -0.05) is 0 Å². The Hall–Kier alpha value is -2.50. The first-order valence-electron chi connectivity index (χ1n) is 5.36. The van der Waals surface area contributed by atoms with Crippen molar-refractivity contribution in [2.24, 2.45) is 0 Å². The molecule has 0 spiro atoms. The lowest BCUT2D eigenvalue weighted by Gasteiger charge is -2.04. The molecule has 6 nitrogen and oxygen atoms in total. The van der Waals surface area contributed by atoms with E-state index in [9.17, 15) is 9.59 Å². The molecule has 0 atom stereocenters. The smallest absolute Gasteiger partial charge is 0.287 e. The lowest BCUT2D eigenvalue weighted by Crippen LogP contribution is -2.36. The Kier molecular flexibility index (Phi) is 3.80. The number of rotatable bonds is 5. The molecule has 0 aromatic carbocycles. The number of amides is 2. The van der Waals surface area contributed by atoms with Crippen LogP contribution in [0.15, 0.2) is 45.6 Å². The molecule has 0 bridgehead atoms. The molecule has 0 aliphatic carbocycles. The van der Waals surface area contributed by atoms with Crippen molar-refractivity contribution in [1.82, 2.24) is 10.6 Å². The van der Waals surface area contributed by atoms with Crippen molar-refractivity contribution < 1.29 is 18.4 Å². The Balaban J connectivity index is 1.70. The van der Waals surface area contributed by atoms with Gasteiger partial charge >= 0.3 is 0 Å². The zero-order valence-electron chi connectivity index (χ0n) is 9.51. The van der Waals surface area contributed by atoms with Gasteiger partial charge in [0.05, 0.1) is 25.6 Å². The van der Waals surface area contributed by atoms with Crippen molar-refractivity contribution >= 4 is 11.8 Å². The summed E-state index contributed by atoms with van der Waals surface area (Å²) in [6.45, 7) is 0.183. The molecular formula is C12H12N2O4. The van der Waals surface area contributed by atoms with Crippen molar-refractivity contribution in [3.8, 4) is 0 Å². The Labute approximate surface area is 103 Å². The maximum atomic E-state index is 11.4. The number of furan rings is 2. The second kappa shape index (κ2) is 5.72. The average molecular weight is 248 g/mol. The van der Waals surface area contributed by atoms with Crippen LogP contribution < -0.4 is 10.6 Å². The summed E-state index contributed by atoms with van der Waals surface area (Å²) in [6, 6.07) is 6.61. The molecule has 0 saturated heterocycles. The van der Waals surface area contributed by atoms with E-state index >= 15 is 0 Å². The van der Waals surface area contributed by atoms with E-state index in [1.54, 1.807) is 18.2 Å². The highest BCUT2D eigenvalue weighted by Gasteiger charge is 2.10. The second-order valence-corrected chi connectivity index (χ2v) is 3.52. The Bertz CT molecular complexity index is 502. The summed E-state index contributed by atoms with van der Waals surface area (Å²) in [6.07, 6.45) is 2.92. The van der Waals surface area contributed by atoms with E-state index in [4.69, 9.17) is 8.83 Å². The van der Waals surface area contributed by atoms with Crippen molar-refractivity contribution in [2.75, 3.05) is 6.54 Å². The minimum atomic E-state index is -0.423. The number of hydrogen-bond donors (Lipinski definition) is 2. The minimum absolute atomic E-state index is 0.111. The van der Waals surface area contributed by atoms with Crippen LogP contribution in [0.5, 0.6) is 0 Å². The quantitative estimate of drug-likeness (QED) is 0.824. The van der Waals surface area contributed by atoms with Crippen LogP contribution in [0.2, 0.25) is 0 Å². The van der Waals surface area contributed by atoms with Gasteiger partial charge in [0, 0.05) is 0 Å². The van der Waals surface area contributed by atoms with Gasteiger partial charge < -0.3 is 19.5 Å². The van der Waals surface area contributed by atoms with Gasteiger partial charge in [0.15, 0.2) is 5.76 Å². The zero-order valence-corrected chi connectivity index (χ0v) is 9.51. The van der Waals surface area contributed by atoms with E-state index in [2.05, 4.69) is 10.6 Å². The van der Waals surface area contributed by atoms with Gasteiger partial charge in [-0.25, -0.2) is 0 Å². The van der Waals surface area contributed by atoms with Gasteiger partial charge in [-0.05, 0) is 24.3 Å². The Morgan fingerprint density at radius 2 is 1.83 bits per heavy atom. The molecule has 6 heteroatoms. The lowest BCUT2D eigenvalue weighted by atomic mass is 10.4. The number of hydrogen-bond acceptors (Lipinski definition) is 4. The van der Waals surface area contributed by atoms with Gasteiger partial charge in [0.2, 0.25) is 5.91 Å². The monoisotopic (exact) mass is 248 g/mol. The van der Waals surface area contributed by atoms with Crippen LogP contribution in [-0.2, 0) is 11.3 Å². The molecule has 0 aliphatic heterocycles. The SMILES string of the molecule is O=C(CNC(=O)c1ccco1)NCc1ccco1. The third-order valence-corrected chi connectivity index (χ3v) is 2.19. The van der Waals surface area contributed by atoms with Gasteiger partial charge in [-0.3, -0.25) is 9.59 Å². The molecule has 0 fully saturated rings. The van der Waals surface area contributed by atoms with E-state index in [0.717, 1.165) is 0 Å². The maximum absolute atomic E-state index is 11.4. The highest BCUT2D eigenvalue weighted by molar-refractivity contribution is 5.94. The molecule has 0 radical (unpaired) electrons. The first-order chi connectivity index (χ1) is 8.75. The summed E-state index contributed by atoms with van der Waals surface area (Å²) in [7, 11) is 0. The van der Waals surface area contributed by atoms with Crippen LogP contribution in [0.4, 0.5) is 0 Å². The zero-order chi connectivity index (χ0) is 12.8. The Morgan fingerprint density at radius 1 is 1.06 bits per heavy atom. The van der Waals surface area contributed by atoms with Crippen LogP contribution in [0.3, 0.4) is 0 Å². The van der Waals surface area contributed by atoms with E-state index in [-0.39, 0.29) is 18.2 Å². The molecule has 2 amide bonds. The number of carbonyl (C=O) groups excluding carboxylic acids is 2. The molecule has 0 unspecified atom stereocenters. The standard InChI is InChI=1S/C12H12N2O4/c15-11(13-7-9-3-1-5-17-9)8-14-12(16)10-4-2-6-18-10/h1-6H,7-8H2,(H,13,15)(H,14,16). The highest BCUT2D eigenvalue weighted by Crippen LogP contribution is 1.99. The van der Waals surface area contributed by atoms with Gasteiger partial charge in [-0.2, -0.15) is 0 Å².